The van der Waals surface area contributed by atoms with E-state index in [0.717, 1.165) is 6.42 Å². The van der Waals surface area contributed by atoms with Crippen LogP contribution in [0.4, 0.5) is 0 Å². The van der Waals surface area contributed by atoms with Gasteiger partial charge in [0.15, 0.2) is 0 Å². The molecule has 0 saturated carbocycles. The zero-order valence-electron chi connectivity index (χ0n) is 7.91. The number of rotatable bonds is 2. The highest BCUT2D eigenvalue weighted by Gasteiger charge is 2.13. The number of ether oxygens (including phenoxy) is 3. The number of hydrogen-bond acceptors (Lipinski definition) is 4. The van der Waals surface area contributed by atoms with Crippen molar-refractivity contribution in [3.8, 4) is 0 Å². The normalized spacial score (nSPS) is 24.2. The van der Waals surface area contributed by atoms with Gasteiger partial charge in [0.2, 0.25) is 0 Å². The van der Waals surface area contributed by atoms with E-state index in [2.05, 4.69) is 4.74 Å². The largest absolute Gasteiger partial charge is 0.466 e. The molecule has 1 rings (SSSR count). The third-order valence-electron chi connectivity index (χ3n) is 1.86. The molecule has 13 heavy (non-hydrogen) atoms. The topological polar surface area (TPSA) is 44.8 Å². The van der Waals surface area contributed by atoms with E-state index in [9.17, 15) is 4.79 Å². The Labute approximate surface area is 77.5 Å². The number of hydrogen-bond donors (Lipinski definition) is 0. The first-order valence-corrected chi connectivity index (χ1v) is 4.20. The van der Waals surface area contributed by atoms with Gasteiger partial charge in [0, 0.05) is 12.0 Å². The van der Waals surface area contributed by atoms with E-state index in [-0.39, 0.29) is 12.1 Å². The van der Waals surface area contributed by atoms with Crippen LogP contribution in [0, 0.1) is 0 Å². The van der Waals surface area contributed by atoms with Crippen molar-refractivity contribution in [1.82, 2.24) is 0 Å². The highest BCUT2D eigenvalue weighted by atomic mass is 16.7. The first-order valence-electron chi connectivity index (χ1n) is 4.20. The van der Waals surface area contributed by atoms with Crippen molar-refractivity contribution in [3.05, 3.63) is 11.6 Å². The van der Waals surface area contributed by atoms with E-state index in [1.807, 2.05) is 0 Å². The molecule has 1 unspecified atom stereocenters. The standard InChI is InChI=1S/C9H14O4/c1-7(9(10)11-2)5-8-3-4-12-6-13-8/h5,8H,3-4,6H2,1-2H3. The van der Waals surface area contributed by atoms with E-state index < -0.39 is 0 Å². The summed E-state index contributed by atoms with van der Waals surface area (Å²) in [6.07, 6.45) is 2.54. The minimum Gasteiger partial charge on any atom is -0.466 e. The molecule has 0 aliphatic carbocycles. The third kappa shape index (κ3) is 3.16. The van der Waals surface area contributed by atoms with Crippen molar-refractivity contribution in [2.45, 2.75) is 19.4 Å². The van der Waals surface area contributed by atoms with E-state index in [1.54, 1.807) is 13.0 Å². The fraction of sp³-hybridized carbons (Fsp3) is 0.667. The second kappa shape index (κ2) is 4.99. The molecule has 0 N–H and O–H groups in total. The Morgan fingerprint density at radius 2 is 2.38 bits per heavy atom. The summed E-state index contributed by atoms with van der Waals surface area (Å²) in [5.74, 6) is -0.310. The van der Waals surface area contributed by atoms with Gasteiger partial charge in [-0.1, -0.05) is 0 Å². The lowest BCUT2D eigenvalue weighted by Gasteiger charge is -2.20. The number of esters is 1. The molecule has 0 aromatic carbocycles. The maximum Gasteiger partial charge on any atom is 0.333 e. The van der Waals surface area contributed by atoms with E-state index in [0.29, 0.717) is 19.0 Å². The monoisotopic (exact) mass is 186 g/mol. The van der Waals surface area contributed by atoms with Gasteiger partial charge in [-0.2, -0.15) is 0 Å². The SMILES string of the molecule is COC(=O)C(C)=CC1CCOCO1. The Bertz CT molecular complexity index is 204. The van der Waals surface area contributed by atoms with Gasteiger partial charge >= 0.3 is 5.97 Å². The van der Waals surface area contributed by atoms with Gasteiger partial charge in [-0.25, -0.2) is 4.79 Å². The molecule has 4 nitrogen and oxygen atoms in total. The van der Waals surface area contributed by atoms with Crippen LogP contribution >= 0.6 is 0 Å². The fourth-order valence-electron chi connectivity index (χ4n) is 1.12. The average molecular weight is 186 g/mol. The zero-order valence-corrected chi connectivity index (χ0v) is 7.91. The summed E-state index contributed by atoms with van der Waals surface area (Å²) in [5, 5.41) is 0. The molecule has 74 valence electrons. The smallest absolute Gasteiger partial charge is 0.333 e. The average Bonchev–Trinajstić information content (AvgIpc) is 2.18. The molecule has 0 bridgehead atoms. The lowest BCUT2D eigenvalue weighted by molar-refractivity contribution is -0.137. The Balaban J connectivity index is 2.47. The second-order valence-corrected chi connectivity index (χ2v) is 2.86. The quantitative estimate of drug-likeness (QED) is 0.474. The van der Waals surface area contributed by atoms with Crippen LogP contribution in [0.1, 0.15) is 13.3 Å². The van der Waals surface area contributed by atoms with Crippen molar-refractivity contribution < 1.29 is 19.0 Å². The van der Waals surface area contributed by atoms with Crippen molar-refractivity contribution >= 4 is 5.97 Å². The van der Waals surface area contributed by atoms with Gasteiger partial charge in [-0.15, -0.1) is 0 Å². The second-order valence-electron chi connectivity index (χ2n) is 2.86. The molecule has 0 aromatic rings. The summed E-state index contributed by atoms with van der Waals surface area (Å²) in [7, 11) is 1.37. The van der Waals surface area contributed by atoms with Gasteiger partial charge in [0.05, 0.1) is 19.8 Å². The molecule has 4 heteroatoms. The zero-order chi connectivity index (χ0) is 9.68. The Hall–Kier alpha value is -0.870. The van der Waals surface area contributed by atoms with Crippen LogP contribution in [0.5, 0.6) is 0 Å². The predicted molar refractivity (Wildman–Crippen MR) is 46.1 cm³/mol. The lowest BCUT2D eigenvalue weighted by Crippen LogP contribution is -2.22. The van der Waals surface area contributed by atoms with Gasteiger partial charge in [0.25, 0.3) is 0 Å². The molecular weight excluding hydrogens is 172 g/mol. The molecule has 1 aliphatic rings. The Morgan fingerprint density at radius 1 is 1.62 bits per heavy atom. The highest BCUT2D eigenvalue weighted by Crippen LogP contribution is 2.10. The lowest BCUT2D eigenvalue weighted by atomic mass is 10.1. The Kier molecular flexibility index (Phi) is 3.92. The molecule has 1 aliphatic heterocycles. The molecule has 0 spiro atoms. The van der Waals surface area contributed by atoms with E-state index >= 15 is 0 Å². The first-order chi connectivity index (χ1) is 6.24. The summed E-state index contributed by atoms with van der Waals surface area (Å²) in [6, 6.07) is 0. The molecule has 1 atom stereocenters. The van der Waals surface area contributed by atoms with Gasteiger partial charge in [0.1, 0.15) is 6.79 Å². The number of carbonyl (C=O) groups excluding carboxylic acids is 1. The minimum absolute atomic E-state index is 0.0205. The van der Waals surface area contributed by atoms with Gasteiger partial charge in [-0.05, 0) is 13.0 Å². The van der Waals surface area contributed by atoms with Crippen molar-refractivity contribution in [1.29, 1.82) is 0 Å². The van der Waals surface area contributed by atoms with Crippen LogP contribution in [0.25, 0.3) is 0 Å². The van der Waals surface area contributed by atoms with Gasteiger partial charge < -0.3 is 14.2 Å². The van der Waals surface area contributed by atoms with Crippen molar-refractivity contribution in [2.75, 3.05) is 20.5 Å². The maximum absolute atomic E-state index is 11.0. The first kappa shape index (κ1) is 10.2. The molecule has 1 fully saturated rings. The molecular formula is C9H14O4. The summed E-state index contributed by atoms with van der Waals surface area (Å²) < 4.78 is 14.8. The third-order valence-corrected chi connectivity index (χ3v) is 1.86. The molecule has 0 aromatic heterocycles. The summed E-state index contributed by atoms with van der Waals surface area (Å²) in [4.78, 5) is 11.0. The molecule has 0 radical (unpaired) electrons. The van der Waals surface area contributed by atoms with E-state index in [1.165, 1.54) is 7.11 Å². The minimum atomic E-state index is -0.310. The van der Waals surface area contributed by atoms with E-state index in [4.69, 9.17) is 9.47 Å². The van der Waals surface area contributed by atoms with Crippen LogP contribution in [0.15, 0.2) is 11.6 Å². The fourth-order valence-corrected chi connectivity index (χ4v) is 1.12. The van der Waals surface area contributed by atoms with Crippen LogP contribution < -0.4 is 0 Å². The summed E-state index contributed by atoms with van der Waals surface area (Å²) in [6.45, 7) is 2.69. The summed E-state index contributed by atoms with van der Waals surface area (Å²) in [5.41, 5.74) is 0.578. The highest BCUT2D eigenvalue weighted by molar-refractivity contribution is 5.87. The van der Waals surface area contributed by atoms with Crippen molar-refractivity contribution in [2.24, 2.45) is 0 Å². The van der Waals surface area contributed by atoms with Crippen LogP contribution in [0.3, 0.4) is 0 Å². The molecule has 1 saturated heterocycles. The molecule has 1 heterocycles. The number of carbonyl (C=O) groups is 1. The van der Waals surface area contributed by atoms with Crippen LogP contribution in [-0.4, -0.2) is 32.6 Å². The summed E-state index contributed by atoms with van der Waals surface area (Å²) >= 11 is 0. The van der Waals surface area contributed by atoms with Crippen molar-refractivity contribution in [3.63, 3.8) is 0 Å². The molecule has 0 amide bonds. The Morgan fingerprint density at radius 3 is 2.92 bits per heavy atom. The van der Waals surface area contributed by atoms with Crippen LogP contribution in [0.2, 0.25) is 0 Å². The maximum atomic E-state index is 11.0. The predicted octanol–water partition coefficient (Wildman–Crippen LogP) is 0.869. The number of methoxy groups -OCH3 is 1. The van der Waals surface area contributed by atoms with Gasteiger partial charge in [-0.3, -0.25) is 0 Å². The van der Waals surface area contributed by atoms with Crippen LogP contribution in [-0.2, 0) is 19.0 Å².